The minimum Gasteiger partial charge on any atom is -0.365 e. The zero-order valence-corrected chi connectivity index (χ0v) is 9.37. The van der Waals surface area contributed by atoms with Gasteiger partial charge in [-0.25, -0.2) is 8.42 Å². The van der Waals surface area contributed by atoms with Crippen LogP contribution in [0.2, 0.25) is 0 Å². The first-order valence-electron chi connectivity index (χ1n) is 4.31. The van der Waals surface area contributed by atoms with Crippen LogP contribution >= 0.6 is 0 Å². The molecular formula is C8H15N3O2S. The van der Waals surface area contributed by atoms with E-state index in [0.717, 1.165) is 0 Å². The van der Waals surface area contributed by atoms with Crippen LogP contribution in [0.1, 0.15) is 6.92 Å². The number of nitrogens with one attached hydrogen (secondary N) is 1. The Balaban J connectivity index is 2.53. The second kappa shape index (κ2) is 4.00. The predicted molar refractivity (Wildman–Crippen MR) is 56.0 cm³/mol. The molecule has 0 aliphatic rings. The molecule has 1 aromatic rings. The van der Waals surface area contributed by atoms with Crippen LogP contribution in [0.25, 0.3) is 0 Å². The van der Waals surface area contributed by atoms with Crippen molar-refractivity contribution in [3.05, 3.63) is 12.3 Å². The maximum absolute atomic E-state index is 11.0. The fourth-order valence-electron chi connectivity index (χ4n) is 1.24. The summed E-state index contributed by atoms with van der Waals surface area (Å²) in [4.78, 5) is 0. The zero-order chi connectivity index (χ0) is 10.8. The van der Waals surface area contributed by atoms with E-state index in [2.05, 4.69) is 10.4 Å². The largest absolute Gasteiger partial charge is 0.365 e. The summed E-state index contributed by atoms with van der Waals surface area (Å²) in [5.41, 5.74) is 0. The molecule has 0 amide bonds. The van der Waals surface area contributed by atoms with Crippen molar-refractivity contribution in [3.63, 3.8) is 0 Å². The lowest BCUT2D eigenvalue weighted by molar-refractivity contribution is 0.597. The van der Waals surface area contributed by atoms with Crippen LogP contribution in [0.4, 0.5) is 5.82 Å². The third-order valence-electron chi connectivity index (χ3n) is 1.66. The third kappa shape index (κ3) is 3.78. The van der Waals surface area contributed by atoms with Gasteiger partial charge in [0.05, 0.1) is 5.75 Å². The summed E-state index contributed by atoms with van der Waals surface area (Å²) in [6, 6.07) is 1.68. The molecule has 1 rings (SSSR count). The maximum atomic E-state index is 11.0. The molecule has 6 heteroatoms. The van der Waals surface area contributed by atoms with Crippen molar-refractivity contribution in [3.8, 4) is 0 Å². The highest BCUT2D eigenvalue weighted by atomic mass is 32.2. The quantitative estimate of drug-likeness (QED) is 0.786. The van der Waals surface area contributed by atoms with Crippen LogP contribution in [0.5, 0.6) is 0 Å². The molecule has 0 saturated heterocycles. The SMILES string of the molecule is CC(CS(C)(=O)=O)Nc1ccn(C)n1. The van der Waals surface area contributed by atoms with Gasteiger partial charge in [0.2, 0.25) is 0 Å². The molecular weight excluding hydrogens is 202 g/mol. The van der Waals surface area contributed by atoms with E-state index >= 15 is 0 Å². The normalized spacial score (nSPS) is 13.9. The van der Waals surface area contributed by atoms with Gasteiger partial charge >= 0.3 is 0 Å². The molecule has 1 aromatic heterocycles. The lowest BCUT2D eigenvalue weighted by Crippen LogP contribution is -2.25. The topological polar surface area (TPSA) is 64.0 Å². The predicted octanol–water partition coefficient (Wildman–Crippen LogP) is 0.265. The fourth-order valence-corrected chi connectivity index (χ4v) is 2.23. The first kappa shape index (κ1) is 11.0. The molecule has 1 atom stereocenters. The number of anilines is 1. The highest BCUT2D eigenvalue weighted by molar-refractivity contribution is 7.90. The van der Waals surface area contributed by atoms with Crippen LogP contribution in [0.15, 0.2) is 12.3 Å². The second-order valence-electron chi connectivity index (χ2n) is 3.51. The number of hydrogen-bond donors (Lipinski definition) is 1. The molecule has 0 fully saturated rings. The average Bonchev–Trinajstić information content (AvgIpc) is 2.30. The van der Waals surface area contributed by atoms with Gasteiger partial charge in [0, 0.05) is 31.6 Å². The molecule has 0 aromatic carbocycles. The van der Waals surface area contributed by atoms with Crippen molar-refractivity contribution < 1.29 is 8.42 Å². The molecule has 5 nitrogen and oxygen atoms in total. The van der Waals surface area contributed by atoms with Gasteiger partial charge in [-0.1, -0.05) is 0 Å². The molecule has 1 unspecified atom stereocenters. The van der Waals surface area contributed by atoms with Crippen LogP contribution < -0.4 is 5.32 Å². The molecule has 0 radical (unpaired) electrons. The van der Waals surface area contributed by atoms with Crippen LogP contribution in [-0.2, 0) is 16.9 Å². The molecule has 80 valence electrons. The van der Waals surface area contributed by atoms with Gasteiger partial charge in [-0.05, 0) is 6.92 Å². The van der Waals surface area contributed by atoms with Crippen LogP contribution in [-0.4, -0.2) is 36.2 Å². The van der Waals surface area contributed by atoms with Crippen LogP contribution in [0.3, 0.4) is 0 Å². The first-order chi connectivity index (χ1) is 6.37. The molecule has 0 saturated carbocycles. The standard InChI is InChI=1S/C8H15N3O2S/c1-7(6-14(3,12)13)9-8-4-5-11(2)10-8/h4-5,7H,6H2,1-3H3,(H,9,10). The third-order valence-corrected chi connectivity index (χ3v) is 2.77. The van der Waals surface area contributed by atoms with Crippen molar-refractivity contribution in [1.29, 1.82) is 0 Å². The Bertz CT molecular complexity index is 396. The lowest BCUT2D eigenvalue weighted by atomic mass is 10.4. The fraction of sp³-hybridized carbons (Fsp3) is 0.625. The van der Waals surface area contributed by atoms with Crippen molar-refractivity contribution in [2.75, 3.05) is 17.3 Å². The van der Waals surface area contributed by atoms with Crippen molar-refractivity contribution in [2.24, 2.45) is 7.05 Å². The van der Waals surface area contributed by atoms with Gasteiger partial charge in [0.25, 0.3) is 0 Å². The lowest BCUT2D eigenvalue weighted by Gasteiger charge is -2.11. The molecule has 0 bridgehead atoms. The summed E-state index contributed by atoms with van der Waals surface area (Å²) >= 11 is 0. The Labute approximate surface area is 84.0 Å². The Morgan fingerprint density at radius 3 is 2.71 bits per heavy atom. The molecule has 14 heavy (non-hydrogen) atoms. The number of aryl methyl sites for hydroxylation is 1. The van der Waals surface area contributed by atoms with Crippen LogP contribution in [0, 0.1) is 0 Å². The van der Waals surface area contributed by atoms with E-state index in [-0.39, 0.29) is 11.8 Å². The number of sulfone groups is 1. The minimum absolute atomic E-state index is 0.115. The Hall–Kier alpha value is -1.04. The number of nitrogens with zero attached hydrogens (tertiary/aromatic N) is 2. The van der Waals surface area contributed by atoms with Gasteiger partial charge < -0.3 is 5.32 Å². The average molecular weight is 217 g/mol. The minimum atomic E-state index is -2.93. The molecule has 1 heterocycles. The van der Waals surface area contributed by atoms with E-state index in [1.54, 1.807) is 16.9 Å². The molecule has 0 aliphatic heterocycles. The van der Waals surface area contributed by atoms with Crippen molar-refractivity contribution in [2.45, 2.75) is 13.0 Å². The summed E-state index contributed by atoms with van der Waals surface area (Å²) in [6.07, 6.45) is 3.03. The monoisotopic (exact) mass is 217 g/mol. The highest BCUT2D eigenvalue weighted by Crippen LogP contribution is 2.04. The Morgan fingerprint density at radius 1 is 1.64 bits per heavy atom. The Morgan fingerprint density at radius 2 is 2.29 bits per heavy atom. The van der Waals surface area contributed by atoms with Gasteiger partial charge in [0.1, 0.15) is 15.7 Å². The highest BCUT2D eigenvalue weighted by Gasteiger charge is 2.10. The van der Waals surface area contributed by atoms with Crippen molar-refractivity contribution in [1.82, 2.24) is 9.78 Å². The summed E-state index contributed by atoms with van der Waals surface area (Å²) in [7, 11) is -1.12. The van der Waals surface area contributed by atoms with Gasteiger partial charge in [-0.15, -0.1) is 0 Å². The van der Waals surface area contributed by atoms with Gasteiger partial charge in [0.15, 0.2) is 0 Å². The maximum Gasteiger partial charge on any atom is 0.149 e. The van der Waals surface area contributed by atoms with E-state index in [1.165, 1.54) is 6.26 Å². The second-order valence-corrected chi connectivity index (χ2v) is 5.70. The number of aromatic nitrogens is 2. The number of hydrogen-bond acceptors (Lipinski definition) is 4. The molecule has 1 N–H and O–H groups in total. The smallest absolute Gasteiger partial charge is 0.149 e. The number of rotatable bonds is 4. The summed E-state index contributed by atoms with van der Waals surface area (Å²) < 4.78 is 23.6. The van der Waals surface area contributed by atoms with E-state index in [4.69, 9.17) is 0 Å². The summed E-state index contributed by atoms with van der Waals surface area (Å²) in [5.74, 6) is 0.812. The van der Waals surface area contributed by atoms with Crippen molar-refractivity contribution >= 4 is 15.7 Å². The van der Waals surface area contributed by atoms with E-state index < -0.39 is 9.84 Å². The first-order valence-corrected chi connectivity index (χ1v) is 6.37. The van der Waals surface area contributed by atoms with Gasteiger partial charge in [-0.3, -0.25) is 4.68 Å². The van der Waals surface area contributed by atoms with Gasteiger partial charge in [-0.2, -0.15) is 5.10 Å². The Kier molecular flexibility index (Phi) is 3.15. The van der Waals surface area contributed by atoms with E-state index in [0.29, 0.717) is 5.82 Å². The summed E-state index contributed by atoms with van der Waals surface area (Å²) in [6.45, 7) is 1.82. The van der Waals surface area contributed by atoms with E-state index in [1.807, 2.05) is 14.0 Å². The summed E-state index contributed by atoms with van der Waals surface area (Å²) in [5, 5.41) is 7.10. The molecule has 0 spiro atoms. The molecule has 0 aliphatic carbocycles. The zero-order valence-electron chi connectivity index (χ0n) is 8.56. The van der Waals surface area contributed by atoms with E-state index in [9.17, 15) is 8.42 Å².